The monoisotopic (exact) mass is 249 g/mol. The fraction of sp³-hybridized carbons (Fsp3) is 0.600. The van der Waals surface area contributed by atoms with E-state index in [-0.39, 0.29) is 0 Å². The maximum absolute atomic E-state index is 9.65. The van der Waals surface area contributed by atoms with Crippen LogP contribution < -0.4 is 5.32 Å². The number of aryl methyl sites for hydroxylation is 2. The molecule has 0 radical (unpaired) electrons. The third-order valence-electron chi connectivity index (χ3n) is 3.91. The van der Waals surface area contributed by atoms with Crippen LogP contribution >= 0.6 is 0 Å². The van der Waals surface area contributed by atoms with Crippen LogP contribution in [0.4, 0.5) is 5.69 Å². The number of benzene rings is 1. The second kappa shape index (κ2) is 5.61. The average Bonchev–Trinajstić information content (AvgIpc) is 2.37. The van der Waals surface area contributed by atoms with E-state index >= 15 is 0 Å². The highest BCUT2D eigenvalue weighted by Gasteiger charge is 2.21. The highest BCUT2D eigenvalue weighted by molar-refractivity contribution is 5.57. The largest absolute Gasteiger partial charge is 0.508 e. The summed E-state index contributed by atoms with van der Waals surface area (Å²) in [7, 11) is 1.80. The molecule has 0 spiro atoms. The van der Waals surface area contributed by atoms with Gasteiger partial charge in [0, 0.05) is 18.8 Å². The van der Waals surface area contributed by atoms with Gasteiger partial charge in [-0.2, -0.15) is 0 Å². The van der Waals surface area contributed by atoms with Crippen molar-refractivity contribution in [2.75, 3.05) is 12.4 Å². The van der Waals surface area contributed by atoms with Gasteiger partial charge >= 0.3 is 0 Å². The molecule has 0 unspecified atom stereocenters. The zero-order valence-electron chi connectivity index (χ0n) is 11.5. The summed E-state index contributed by atoms with van der Waals surface area (Å²) < 4.78 is 5.39. The lowest BCUT2D eigenvalue weighted by Crippen LogP contribution is -2.29. The van der Waals surface area contributed by atoms with E-state index in [0.29, 0.717) is 17.9 Å². The van der Waals surface area contributed by atoms with Crippen LogP contribution in [-0.4, -0.2) is 24.4 Å². The molecule has 0 amide bonds. The zero-order valence-corrected chi connectivity index (χ0v) is 11.5. The normalized spacial score (nSPS) is 23.9. The Hall–Kier alpha value is -1.22. The zero-order chi connectivity index (χ0) is 13.1. The van der Waals surface area contributed by atoms with Crippen molar-refractivity contribution < 1.29 is 9.84 Å². The maximum Gasteiger partial charge on any atom is 0.118 e. The van der Waals surface area contributed by atoms with Crippen LogP contribution in [0.5, 0.6) is 5.75 Å². The lowest BCUT2D eigenvalue weighted by molar-refractivity contribution is 0.0682. The molecule has 1 aromatic rings. The van der Waals surface area contributed by atoms with Crippen LogP contribution in [0.25, 0.3) is 0 Å². The number of hydrogen-bond acceptors (Lipinski definition) is 3. The Bertz CT molecular complexity index is 409. The van der Waals surface area contributed by atoms with Crippen molar-refractivity contribution in [1.29, 1.82) is 0 Å². The van der Waals surface area contributed by atoms with Gasteiger partial charge in [0.1, 0.15) is 5.75 Å². The van der Waals surface area contributed by atoms with Gasteiger partial charge in [0.15, 0.2) is 0 Å². The molecular formula is C15H23NO2. The van der Waals surface area contributed by atoms with Gasteiger partial charge in [0.05, 0.1) is 6.10 Å². The number of anilines is 1. The number of phenols is 1. The second-order valence-corrected chi connectivity index (χ2v) is 5.31. The Morgan fingerprint density at radius 3 is 2.39 bits per heavy atom. The third-order valence-corrected chi connectivity index (χ3v) is 3.91. The Labute approximate surface area is 109 Å². The van der Waals surface area contributed by atoms with Gasteiger partial charge in [-0.3, -0.25) is 0 Å². The van der Waals surface area contributed by atoms with Gasteiger partial charge < -0.3 is 15.2 Å². The number of hydrogen-bond donors (Lipinski definition) is 2. The van der Waals surface area contributed by atoms with Crippen LogP contribution in [-0.2, 0) is 4.74 Å². The summed E-state index contributed by atoms with van der Waals surface area (Å²) in [4.78, 5) is 0. The smallest absolute Gasteiger partial charge is 0.118 e. The van der Waals surface area contributed by atoms with Crippen molar-refractivity contribution in [3.8, 4) is 5.75 Å². The maximum atomic E-state index is 9.65. The van der Waals surface area contributed by atoms with Gasteiger partial charge in [-0.15, -0.1) is 0 Å². The van der Waals surface area contributed by atoms with Crippen molar-refractivity contribution in [2.45, 2.75) is 51.7 Å². The summed E-state index contributed by atoms with van der Waals surface area (Å²) in [6.45, 7) is 3.96. The summed E-state index contributed by atoms with van der Waals surface area (Å²) in [5.74, 6) is 0.376. The van der Waals surface area contributed by atoms with Crippen molar-refractivity contribution in [2.24, 2.45) is 0 Å². The molecular weight excluding hydrogens is 226 g/mol. The van der Waals surface area contributed by atoms with Gasteiger partial charge in [-0.25, -0.2) is 0 Å². The third kappa shape index (κ3) is 2.96. The van der Waals surface area contributed by atoms with Crippen molar-refractivity contribution >= 4 is 5.69 Å². The van der Waals surface area contributed by atoms with Crippen LogP contribution in [0, 0.1) is 13.8 Å². The fourth-order valence-corrected chi connectivity index (χ4v) is 2.62. The van der Waals surface area contributed by atoms with Crippen molar-refractivity contribution in [1.82, 2.24) is 0 Å². The summed E-state index contributed by atoms with van der Waals surface area (Å²) in [5, 5.41) is 13.2. The second-order valence-electron chi connectivity index (χ2n) is 5.31. The van der Waals surface area contributed by atoms with Crippen LogP contribution in [0.1, 0.15) is 36.8 Å². The van der Waals surface area contributed by atoms with E-state index in [1.165, 1.54) is 0 Å². The molecule has 2 N–H and O–H groups in total. The van der Waals surface area contributed by atoms with Crippen LogP contribution in [0.15, 0.2) is 12.1 Å². The molecule has 0 aromatic heterocycles. The first-order chi connectivity index (χ1) is 8.60. The molecule has 1 aromatic carbocycles. The van der Waals surface area contributed by atoms with Gasteiger partial charge in [-0.05, 0) is 62.8 Å². The number of nitrogens with one attached hydrogen (secondary N) is 1. The van der Waals surface area contributed by atoms with Gasteiger partial charge in [-0.1, -0.05) is 0 Å². The molecule has 0 bridgehead atoms. The first-order valence-corrected chi connectivity index (χ1v) is 6.69. The lowest BCUT2D eigenvalue weighted by Gasteiger charge is -2.29. The number of ether oxygens (including phenoxy) is 1. The molecule has 18 heavy (non-hydrogen) atoms. The first-order valence-electron chi connectivity index (χ1n) is 6.69. The highest BCUT2D eigenvalue weighted by atomic mass is 16.5. The SMILES string of the molecule is COC1CCC(Nc2cc(C)c(O)cc2C)CC1. The molecule has 100 valence electrons. The summed E-state index contributed by atoms with van der Waals surface area (Å²) in [5.41, 5.74) is 3.17. The summed E-state index contributed by atoms with van der Waals surface area (Å²) >= 11 is 0. The van der Waals surface area contributed by atoms with E-state index in [0.717, 1.165) is 42.5 Å². The molecule has 0 saturated heterocycles. The molecule has 2 rings (SSSR count). The Balaban J connectivity index is 2.00. The first kappa shape index (κ1) is 13.2. The fourth-order valence-electron chi connectivity index (χ4n) is 2.62. The van der Waals surface area contributed by atoms with E-state index in [9.17, 15) is 5.11 Å². The molecule has 1 saturated carbocycles. The van der Waals surface area contributed by atoms with E-state index in [1.54, 1.807) is 7.11 Å². The molecule has 1 aliphatic rings. The summed E-state index contributed by atoms with van der Waals surface area (Å²) in [6, 6.07) is 4.39. The number of methoxy groups -OCH3 is 1. The average molecular weight is 249 g/mol. The highest BCUT2D eigenvalue weighted by Crippen LogP contribution is 2.28. The minimum Gasteiger partial charge on any atom is -0.508 e. The molecule has 0 heterocycles. The van der Waals surface area contributed by atoms with Crippen molar-refractivity contribution in [3.63, 3.8) is 0 Å². The number of phenolic OH excluding ortho intramolecular Hbond substituents is 1. The van der Waals surface area contributed by atoms with Gasteiger partial charge in [0.2, 0.25) is 0 Å². The molecule has 0 aliphatic heterocycles. The van der Waals surface area contributed by atoms with E-state index in [4.69, 9.17) is 4.74 Å². The molecule has 0 atom stereocenters. The molecule has 1 aliphatic carbocycles. The van der Waals surface area contributed by atoms with Gasteiger partial charge in [0.25, 0.3) is 0 Å². The van der Waals surface area contributed by atoms with E-state index in [1.807, 2.05) is 26.0 Å². The topological polar surface area (TPSA) is 41.5 Å². The molecule has 1 fully saturated rings. The minimum absolute atomic E-state index is 0.376. The standard InChI is InChI=1S/C15H23NO2/c1-10-9-15(17)11(2)8-14(10)16-12-4-6-13(18-3)7-5-12/h8-9,12-13,16-17H,4-7H2,1-3H3. The predicted octanol–water partition coefficient (Wildman–Crippen LogP) is 3.38. The molecule has 3 heteroatoms. The quantitative estimate of drug-likeness (QED) is 0.807. The predicted molar refractivity (Wildman–Crippen MR) is 74.3 cm³/mol. The van der Waals surface area contributed by atoms with E-state index < -0.39 is 0 Å². The lowest BCUT2D eigenvalue weighted by atomic mass is 9.92. The Kier molecular flexibility index (Phi) is 4.12. The number of rotatable bonds is 3. The Morgan fingerprint density at radius 1 is 1.11 bits per heavy atom. The van der Waals surface area contributed by atoms with Crippen molar-refractivity contribution in [3.05, 3.63) is 23.3 Å². The minimum atomic E-state index is 0.376. The Morgan fingerprint density at radius 2 is 1.78 bits per heavy atom. The molecule has 3 nitrogen and oxygen atoms in total. The number of aromatic hydroxyl groups is 1. The van der Waals surface area contributed by atoms with E-state index in [2.05, 4.69) is 5.32 Å². The summed E-state index contributed by atoms with van der Waals surface area (Å²) in [6.07, 6.45) is 5.00. The van der Waals surface area contributed by atoms with Crippen LogP contribution in [0.2, 0.25) is 0 Å². The van der Waals surface area contributed by atoms with Crippen LogP contribution in [0.3, 0.4) is 0 Å².